The zero-order valence-electron chi connectivity index (χ0n) is 10.1. The Balaban J connectivity index is 2.18. The average Bonchev–Trinajstić information content (AvgIpc) is 3.05. The van der Waals surface area contributed by atoms with Crippen LogP contribution < -0.4 is 5.32 Å². The van der Waals surface area contributed by atoms with E-state index in [1.165, 1.54) is 34.9 Å². The maximum absolute atomic E-state index is 3.62. The first-order valence-electron chi connectivity index (χ1n) is 6.20. The van der Waals surface area contributed by atoms with E-state index in [0.717, 1.165) is 12.5 Å². The van der Waals surface area contributed by atoms with Crippen molar-refractivity contribution in [1.82, 2.24) is 5.32 Å². The Labute approximate surface area is 107 Å². The fourth-order valence-electron chi connectivity index (χ4n) is 2.24. The number of benzene rings is 1. The highest BCUT2D eigenvalue weighted by molar-refractivity contribution is 9.10. The lowest BCUT2D eigenvalue weighted by Gasteiger charge is -2.20. The Morgan fingerprint density at radius 2 is 2.19 bits per heavy atom. The van der Waals surface area contributed by atoms with E-state index in [1.807, 2.05) is 0 Å². The first kappa shape index (κ1) is 12.1. The van der Waals surface area contributed by atoms with Gasteiger partial charge in [0.2, 0.25) is 0 Å². The van der Waals surface area contributed by atoms with Crippen molar-refractivity contribution in [3.05, 3.63) is 33.8 Å². The van der Waals surface area contributed by atoms with Crippen molar-refractivity contribution in [1.29, 1.82) is 0 Å². The van der Waals surface area contributed by atoms with E-state index in [4.69, 9.17) is 0 Å². The molecule has 2 heteroatoms. The molecule has 88 valence electrons. The number of hydrogen-bond acceptors (Lipinski definition) is 1. The summed E-state index contributed by atoms with van der Waals surface area (Å²) in [4.78, 5) is 0. The predicted octanol–water partition coefficient (Wildman–Crippen LogP) is 4.21. The Morgan fingerprint density at radius 1 is 1.44 bits per heavy atom. The highest BCUT2D eigenvalue weighted by Gasteiger charge is 2.26. The molecule has 1 nitrogen and oxygen atoms in total. The summed E-state index contributed by atoms with van der Waals surface area (Å²) in [6.07, 6.45) is 4.15. The molecule has 1 fully saturated rings. The normalized spacial score (nSPS) is 17.4. The number of hydrogen-bond donors (Lipinski definition) is 1. The van der Waals surface area contributed by atoms with E-state index in [1.54, 1.807) is 0 Å². The lowest BCUT2D eigenvalue weighted by molar-refractivity contribution is 0.485. The van der Waals surface area contributed by atoms with Gasteiger partial charge in [-0.2, -0.15) is 0 Å². The minimum Gasteiger partial charge on any atom is -0.310 e. The maximum Gasteiger partial charge on any atom is 0.0325 e. The van der Waals surface area contributed by atoms with Crippen molar-refractivity contribution in [2.24, 2.45) is 5.92 Å². The van der Waals surface area contributed by atoms with Crippen LogP contribution in [-0.2, 0) is 0 Å². The Bertz CT molecular complexity index is 358. The number of nitrogens with one attached hydrogen (secondary N) is 1. The van der Waals surface area contributed by atoms with Gasteiger partial charge in [0.05, 0.1) is 0 Å². The van der Waals surface area contributed by atoms with Gasteiger partial charge < -0.3 is 5.32 Å². The van der Waals surface area contributed by atoms with Crippen LogP contribution in [0.4, 0.5) is 0 Å². The van der Waals surface area contributed by atoms with E-state index in [2.05, 4.69) is 53.3 Å². The highest BCUT2D eigenvalue weighted by atomic mass is 79.9. The summed E-state index contributed by atoms with van der Waals surface area (Å²) in [5.41, 5.74) is 2.86. The summed E-state index contributed by atoms with van der Waals surface area (Å²) in [6, 6.07) is 7.13. The second-order valence-electron chi connectivity index (χ2n) is 4.79. The number of aryl methyl sites for hydroxylation is 1. The van der Waals surface area contributed by atoms with Gasteiger partial charge >= 0.3 is 0 Å². The van der Waals surface area contributed by atoms with Crippen molar-refractivity contribution < 1.29 is 0 Å². The van der Waals surface area contributed by atoms with E-state index >= 15 is 0 Å². The molecule has 2 rings (SSSR count). The monoisotopic (exact) mass is 281 g/mol. The lowest BCUT2D eigenvalue weighted by atomic mass is 9.97. The molecule has 0 amide bonds. The molecule has 0 radical (unpaired) electrons. The zero-order valence-corrected chi connectivity index (χ0v) is 11.7. The van der Waals surface area contributed by atoms with Crippen molar-refractivity contribution in [3.8, 4) is 0 Å². The quantitative estimate of drug-likeness (QED) is 0.853. The molecule has 1 saturated carbocycles. The van der Waals surface area contributed by atoms with Crippen LogP contribution in [0.5, 0.6) is 0 Å². The van der Waals surface area contributed by atoms with E-state index in [-0.39, 0.29) is 0 Å². The fourth-order valence-corrected chi connectivity index (χ4v) is 2.62. The third-order valence-corrected chi connectivity index (χ3v) is 3.83. The second kappa shape index (κ2) is 5.33. The van der Waals surface area contributed by atoms with E-state index in [9.17, 15) is 0 Å². The molecular formula is C14H20BrN. The molecule has 1 aliphatic rings. The molecule has 0 bridgehead atoms. The molecule has 1 N–H and O–H groups in total. The highest BCUT2D eigenvalue weighted by Crippen LogP contribution is 2.38. The summed E-state index contributed by atoms with van der Waals surface area (Å²) < 4.78 is 1.19. The molecule has 1 atom stereocenters. The molecule has 0 heterocycles. The Hall–Kier alpha value is -0.340. The van der Waals surface area contributed by atoms with Crippen LogP contribution >= 0.6 is 15.9 Å². The average molecular weight is 282 g/mol. The molecule has 16 heavy (non-hydrogen) atoms. The summed E-state index contributed by atoms with van der Waals surface area (Å²) in [5, 5.41) is 3.62. The topological polar surface area (TPSA) is 12.0 Å². The molecule has 1 aliphatic carbocycles. The fraction of sp³-hybridized carbons (Fsp3) is 0.571. The van der Waals surface area contributed by atoms with Crippen LogP contribution in [0.2, 0.25) is 0 Å². The molecular weight excluding hydrogens is 262 g/mol. The van der Waals surface area contributed by atoms with Crippen LogP contribution in [0.25, 0.3) is 0 Å². The lowest BCUT2D eigenvalue weighted by Crippen LogP contribution is -2.22. The third-order valence-electron chi connectivity index (χ3n) is 3.33. The van der Waals surface area contributed by atoms with Gasteiger partial charge in [0.15, 0.2) is 0 Å². The molecule has 1 aromatic carbocycles. The van der Waals surface area contributed by atoms with Gasteiger partial charge in [-0.3, -0.25) is 0 Å². The predicted molar refractivity (Wildman–Crippen MR) is 72.6 cm³/mol. The summed E-state index contributed by atoms with van der Waals surface area (Å²) in [7, 11) is 0. The number of halogens is 1. The molecule has 0 aromatic heterocycles. The van der Waals surface area contributed by atoms with Crippen LogP contribution in [0.1, 0.15) is 43.4 Å². The first-order chi connectivity index (χ1) is 7.70. The van der Waals surface area contributed by atoms with Gasteiger partial charge in [0.1, 0.15) is 0 Å². The van der Waals surface area contributed by atoms with Gasteiger partial charge in [-0.25, -0.2) is 0 Å². The van der Waals surface area contributed by atoms with Gasteiger partial charge in [-0.15, -0.1) is 0 Å². The minimum absolute atomic E-state index is 0.537. The molecule has 0 spiro atoms. The standard InChI is InChI=1S/C14H20BrN/c1-3-16-14(8-11-5-6-11)13-9-12(15)7-4-10(13)2/h4,7,9,11,14,16H,3,5-6,8H2,1-2H3. The SMILES string of the molecule is CCNC(CC1CC1)c1cc(Br)ccc1C. The van der Waals surface area contributed by atoms with Gasteiger partial charge in [-0.1, -0.05) is 41.8 Å². The molecule has 0 saturated heterocycles. The van der Waals surface area contributed by atoms with Crippen LogP contribution in [-0.4, -0.2) is 6.54 Å². The van der Waals surface area contributed by atoms with Gasteiger partial charge in [0, 0.05) is 10.5 Å². The van der Waals surface area contributed by atoms with Crippen LogP contribution in [0, 0.1) is 12.8 Å². The van der Waals surface area contributed by atoms with Crippen molar-refractivity contribution in [3.63, 3.8) is 0 Å². The second-order valence-corrected chi connectivity index (χ2v) is 5.71. The Morgan fingerprint density at radius 3 is 2.81 bits per heavy atom. The summed E-state index contributed by atoms with van der Waals surface area (Å²) >= 11 is 3.57. The smallest absolute Gasteiger partial charge is 0.0325 e. The number of rotatable bonds is 5. The summed E-state index contributed by atoms with van der Waals surface area (Å²) in [6.45, 7) is 5.44. The molecule has 0 aliphatic heterocycles. The first-order valence-corrected chi connectivity index (χ1v) is 6.99. The molecule has 1 unspecified atom stereocenters. The summed E-state index contributed by atoms with van der Waals surface area (Å²) in [5.74, 6) is 0.961. The maximum atomic E-state index is 3.62. The molecule has 1 aromatic rings. The minimum atomic E-state index is 0.537. The Kier molecular flexibility index (Phi) is 4.04. The van der Waals surface area contributed by atoms with E-state index < -0.39 is 0 Å². The van der Waals surface area contributed by atoms with Gasteiger partial charge in [0.25, 0.3) is 0 Å². The van der Waals surface area contributed by atoms with Crippen molar-refractivity contribution in [2.45, 2.75) is 39.2 Å². The van der Waals surface area contributed by atoms with Crippen molar-refractivity contribution in [2.75, 3.05) is 6.54 Å². The van der Waals surface area contributed by atoms with Crippen LogP contribution in [0.3, 0.4) is 0 Å². The van der Waals surface area contributed by atoms with Crippen LogP contribution in [0.15, 0.2) is 22.7 Å². The largest absolute Gasteiger partial charge is 0.310 e. The van der Waals surface area contributed by atoms with Crippen molar-refractivity contribution >= 4 is 15.9 Å². The van der Waals surface area contributed by atoms with E-state index in [0.29, 0.717) is 6.04 Å². The van der Waals surface area contributed by atoms with Gasteiger partial charge in [-0.05, 0) is 49.1 Å². The zero-order chi connectivity index (χ0) is 11.5. The third kappa shape index (κ3) is 3.08.